The molecule has 3 heterocycles. The number of anilines is 1. The van der Waals surface area contributed by atoms with Crippen LogP contribution in [0.15, 0.2) is 54.9 Å². The number of nitrogens with zero attached hydrogens (tertiary/aromatic N) is 3. The number of aromatic nitrogens is 3. The van der Waals surface area contributed by atoms with Gasteiger partial charge in [-0.2, -0.15) is 0 Å². The van der Waals surface area contributed by atoms with Crippen molar-refractivity contribution in [3.8, 4) is 11.4 Å². The van der Waals surface area contributed by atoms with Gasteiger partial charge in [-0.1, -0.05) is 36.8 Å². The van der Waals surface area contributed by atoms with Crippen LogP contribution in [0, 0.1) is 0 Å². The molecule has 5 nitrogen and oxygen atoms in total. The number of benzene rings is 1. The molecule has 3 N–H and O–H groups in total. The van der Waals surface area contributed by atoms with Crippen LogP contribution in [-0.2, 0) is 19.3 Å². The van der Waals surface area contributed by atoms with E-state index < -0.39 is 0 Å². The molecule has 1 aliphatic carbocycles. The standard InChI is InChI=1S/C25H27N5S/c26-19(15-17-7-3-1-4-8-17)16-28-24-22-20-9-5-2-6-10-21(20)31-25(22)30-23(29-24)18-11-13-27-14-12-18/h1,3-4,7-8,11-14,19H,2,5-6,9-10,15-16,26H2,(H,28,29,30)/t19-/m0/s1. The van der Waals surface area contributed by atoms with Crippen LogP contribution >= 0.6 is 11.3 Å². The van der Waals surface area contributed by atoms with Crippen LogP contribution in [0.2, 0.25) is 0 Å². The second kappa shape index (κ2) is 9.12. The molecular weight excluding hydrogens is 402 g/mol. The van der Waals surface area contributed by atoms with Gasteiger partial charge in [0.05, 0.1) is 5.39 Å². The molecule has 0 aliphatic heterocycles. The van der Waals surface area contributed by atoms with Crippen molar-refractivity contribution in [3.63, 3.8) is 0 Å². The molecule has 0 saturated heterocycles. The van der Waals surface area contributed by atoms with Crippen LogP contribution in [0.1, 0.15) is 35.3 Å². The number of aryl methyl sites for hydroxylation is 2. The summed E-state index contributed by atoms with van der Waals surface area (Å²) in [5, 5.41) is 4.79. The van der Waals surface area contributed by atoms with Gasteiger partial charge in [-0.05, 0) is 55.4 Å². The average molecular weight is 430 g/mol. The third kappa shape index (κ3) is 4.45. The summed E-state index contributed by atoms with van der Waals surface area (Å²) in [6, 6.07) is 14.3. The van der Waals surface area contributed by atoms with Gasteiger partial charge in [-0.15, -0.1) is 11.3 Å². The van der Waals surface area contributed by atoms with Crippen LogP contribution in [0.5, 0.6) is 0 Å². The van der Waals surface area contributed by atoms with Crippen molar-refractivity contribution in [2.75, 3.05) is 11.9 Å². The molecule has 1 aromatic carbocycles. The van der Waals surface area contributed by atoms with E-state index in [1.165, 1.54) is 40.7 Å². The van der Waals surface area contributed by atoms with Crippen LogP contribution < -0.4 is 11.1 Å². The van der Waals surface area contributed by atoms with E-state index in [9.17, 15) is 0 Å². The van der Waals surface area contributed by atoms with Crippen molar-refractivity contribution < 1.29 is 0 Å². The number of fused-ring (bicyclic) bond motifs is 3. The number of pyridine rings is 1. The molecule has 4 aromatic rings. The van der Waals surface area contributed by atoms with E-state index in [2.05, 4.69) is 34.6 Å². The SMILES string of the molecule is N[C@H](CNc1nc(-c2ccncc2)nc2sc3c(c12)CCCCC3)Cc1ccccc1. The molecule has 1 atom stereocenters. The zero-order chi connectivity index (χ0) is 21.0. The summed E-state index contributed by atoms with van der Waals surface area (Å²) >= 11 is 1.83. The Balaban J connectivity index is 1.49. The number of thiophene rings is 1. The lowest BCUT2D eigenvalue weighted by Crippen LogP contribution is -2.31. The van der Waals surface area contributed by atoms with Crippen molar-refractivity contribution in [1.82, 2.24) is 15.0 Å². The first-order valence-electron chi connectivity index (χ1n) is 11.0. The van der Waals surface area contributed by atoms with Crippen LogP contribution in [0.25, 0.3) is 21.6 Å². The molecule has 0 unspecified atom stereocenters. The minimum absolute atomic E-state index is 0.00836. The molecule has 3 aromatic heterocycles. The van der Waals surface area contributed by atoms with Gasteiger partial charge >= 0.3 is 0 Å². The Morgan fingerprint density at radius 3 is 2.61 bits per heavy atom. The molecule has 0 radical (unpaired) electrons. The van der Waals surface area contributed by atoms with Crippen LogP contribution in [0.3, 0.4) is 0 Å². The maximum atomic E-state index is 6.47. The quantitative estimate of drug-likeness (QED) is 0.422. The first-order valence-corrected chi connectivity index (χ1v) is 11.9. The minimum atomic E-state index is 0.00836. The van der Waals surface area contributed by atoms with Gasteiger partial charge in [-0.25, -0.2) is 9.97 Å². The Kier molecular flexibility index (Phi) is 5.91. The summed E-state index contributed by atoms with van der Waals surface area (Å²) in [6.07, 6.45) is 10.5. The van der Waals surface area contributed by atoms with Gasteiger partial charge < -0.3 is 11.1 Å². The van der Waals surface area contributed by atoms with E-state index >= 15 is 0 Å². The normalized spacial score (nSPS) is 14.7. The minimum Gasteiger partial charge on any atom is -0.368 e. The third-order valence-corrected chi connectivity index (χ3v) is 7.06. The molecule has 0 saturated carbocycles. The number of rotatable bonds is 6. The summed E-state index contributed by atoms with van der Waals surface area (Å²) in [7, 11) is 0. The highest BCUT2D eigenvalue weighted by Gasteiger charge is 2.21. The Morgan fingerprint density at radius 1 is 0.968 bits per heavy atom. The maximum Gasteiger partial charge on any atom is 0.163 e. The first kappa shape index (κ1) is 20.1. The molecular formula is C25H27N5S. The van der Waals surface area contributed by atoms with Crippen molar-refractivity contribution in [2.24, 2.45) is 5.73 Å². The largest absolute Gasteiger partial charge is 0.368 e. The number of nitrogens with one attached hydrogen (secondary N) is 1. The average Bonchev–Trinajstić information content (AvgIpc) is 3.00. The van der Waals surface area contributed by atoms with E-state index in [4.69, 9.17) is 15.7 Å². The zero-order valence-corrected chi connectivity index (χ0v) is 18.4. The zero-order valence-electron chi connectivity index (χ0n) is 17.6. The lowest BCUT2D eigenvalue weighted by molar-refractivity contribution is 0.698. The molecule has 0 spiro atoms. The molecule has 0 bridgehead atoms. The first-order chi connectivity index (χ1) is 15.3. The summed E-state index contributed by atoms with van der Waals surface area (Å²) in [5.74, 6) is 1.66. The fourth-order valence-electron chi connectivity index (χ4n) is 4.31. The summed E-state index contributed by atoms with van der Waals surface area (Å²) in [5.41, 5.74) is 10.2. The van der Waals surface area contributed by atoms with Gasteiger partial charge in [-0.3, -0.25) is 4.98 Å². The molecule has 0 fully saturated rings. The fourth-order valence-corrected chi connectivity index (χ4v) is 5.57. The number of hydrogen-bond acceptors (Lipinski definition) is 6. The molecule has 5 rings (SSSR count). The molecule has 31 heavy (non-hydrogen) atoms. The third-order valence-electron chi connectivity index (χ3n) is 5.88. The second-order valence-electron chi connectivity index (χ2n) is 8.21. The van der Waals surface area contributed by atoms with Crippen LogP contribution in [0.4, 0.5) is 5.82 Å². The molecule has 1 aliphatic rings. The Bertz CT molecular complexity index is 1160. The van der Waals surface area contributed by atoms with Crippen LogP contribution in [-0.4, -0.2) is 27.5 Å². The van der Waals surface area contributed by atoms with E-state index in [1.54, 1.807) is 12.4 Å². The highest BCUT2D eigenvalue weighted by Crippen LogP contribution is 2.39. The van der Waals surface area contributed by atoms with Gasteiger partial charge in [0.15, 0.2) is 5.82 Å². The number of hydrogen-bond donors (Lipinski definition) is 2. The predicted octanol–water partition coefficient (Wildman–Crippen LogP) is 5.00. The smallest absolute Gasteiger partial charge is 0.163 e. The van der Waals surface area contributed by atoms with Gasteiger partial charge in [0.2, 0.25) is 0 Å². The van der Waals surface area contributed by atoms with E-state index in [0.717, 1.165) is 41.3 Å². The Morgan fingerprint density at radius 2 is 1.77 bits per heavy atom. The van der Waals surface area contributed by atoms with Gasteiger partial charge in [0, 0.05) is 35.4 Å². The maximum absolute atomic E-state index is 6.47. The summed E-state index contributed by atoms with van der Waals surface area (Å²) in [4.78, 5) is 16.6. The van der Waals surface area contributed by atoms with Gasteiger partial charge in [0.25, 0.3) is 0 Å². The predicted molar refractivity (Wildman–Crippen MR) is 129 cm³/mol. The monoisotopic (exact) mass is 429 g/mol. The van der Waals surface area contributed by atoms with E-state index in [0.29, 0.717) is 6.54 Å². The van der Waals surface area contributed by atoms with Crippen molar-refractivity contribution >= 4 is 27.4 Å². The molecule has 0 amide bonds. The fraction of sp³-hybridized carbons (Fsp3) is 0.320. The van der Waals surface area contributed by atoms with E-state index in [-0.39, 0.29) is 6.04 Å². The molecule has 158 valence electrons. The van der Waals surface area contributed by atoms with Crippen molar-refractivity contribution in [3.05, 3.63) is 70.9 Å². The molecule has 6 heteroatoms. The van der Waals surface area contributed by atoms with Crippen molar-refractivity contribution in [1.29, 1.82) is 0 Å². The van der Waals surface area contributed by atoms with Crippen molar-refractivity contribution in [2.45, 2.75) is 44.6 Å². The Hall–Kier alpha value is -2.83. The topological polar surface area (TPSA) is 76.7 Å². The van der Waals surface area contributed by atoms with E-state index in [1.807, 2.05) is 29.5 Å². The lowest BCUT2D eigenvalue weighted by atomic mass is 10.1. The Labute approximate surface area is 186 Å². The summed E-state index contributed by atoms with van der Waals surface area (Å²) in [6.45, 7) is 0.668. The number of nitrogens with two attached hydrogens (primary N) is 1. The highest BCUT2D eigenvalue weighted by atomic mass is 32.1. The second-order valence-corrected chi connectivity index (χ2v) is 9.29. The summed E-state index contributed by atoms with van der Waals surface area (Å²) < 4.78 is 0. The highest BCUT2D eigenvalue weighted by molar-refractivity contribution is 7.19. The lowest BCUT2D eigenvalue weighted by Gasteiger charge is -2.15. The van der Waals surface area contributed by atoms with Gasteiger partial charge in [0.1, 0.15) is 10.6 Å².